The highest BCUT2D eigenvalue weighted by Crippen LogP contribution is 2.19. The molecular weight excluding hydrogens is 308 g/mol. The largest absolute Gasteiger partial charge is 0.399 e. The highest BCUT2D eigenvalue weighted by molar-refractivity contribution is 7.89. The van der Waals surface area contributed by atoms with Crippen molar-refractivity contribution in [2.24, 2.45) is 5.14 Å². The lowest BCUT2D eigenvalue weighted by atomic mass is 10.3. The van der Waals surface area contributed by atoms with Gasteiger partial charge in [0.25, 0.3) is 0 Å². The van der Waals surface area contributed by atoms with Crippen LogP contribution in [0, 0.1) is 0 Å². The summed E-state index contributed by atoms with van der Waals surface area (Å²) in [5.74, 6) is 0. The Balaban J connectivity index is 2.15. The van der Waals surface area contributed by atoms with E-state index in [9.17, 15) is 8.42 Å². The predicted octanol–water partition coefficient (Wildman–Crippen LogP) is 1.73. The van der Waals surface area contributed by atoms with Crippen LogP contribution in [-0.4, -0.2) is 13.5 Å². The first-order chi connectivity index (χ1) is 9.86. The fourth-order valence-corrected chi connectivity index (χ4v) is 2.59. The molecule has 0 saturated heterocycles. The van der Waals surface area contributed by atoms with Crippen molar-refractivity contribution in [1.82, 2.24) is 0 Å². The zero-order valence-corrected chi connectivity index (χ0v) is 12.5. The number of hydrogen-bond donors (Lipinski definition) is 4. The smallest absolute Gasteiger partial charge is 0.240 e. The molecule has 0 fully saturated rings. The first-order valence-electron chi connectivity index (χ1n) is 5.91. The SMILES string of the molecule is Nc1ccc(NC(=S)Nc2ccccc2S(N)(=O)=O)cc1. The van der Waals surface area contributed by atoms with Crippen LogP contribution in [0.4, 0.5) is 17.1 Å². The van der Waals surface area contributed by atoms with Crippen LogP contribution in [0.25, 0.3) is 0 Å². The van der Waals surface area contributed by atoms with Crippen molar-refractivity contribution in [2.75, 3.05) is 16.4 Å². The summed E-state index contributed by atoms with van der Waals surface area (Å²) in [5, 5.41) is 11.1. The van der Waals surface area contributed by atoms with Crippen molar-refractivity contribution >= 4 is 44.4 Å². The molecule has 8 heteroatoms. The number of primary sulfonamides is 1. The normalized spacial score (nSPS) is 10.9. The van der Waals surface area contributed by atoms with E-state index in [1.807, 2.05) is 0 Å². The number of hydrogen-bond acceptors (Lipinski definition) is 4. The minimum atomic E-state index is -3.82. The Morgan fingerprint density at radius 1 is 1.00 bits per heavy atom. The Morgan fingerprint density at radius 2 is 1.62 bits per heavy atom. The lowest BCUT2D eigenvalue weighted by molar-refractivity contribution is 0.598. The van der Waals surface area contributed by atoms with Crippen LogP contribution in [0.15, 0.2) is 53.4 Å². The maximum Gasteiger partial charge on any atom is 0.240 e. The Bertz CT molecular complexity index is 758. The molecule has 2 aromatic rings. The quantitative estimate of drug-likeness (QED) is 0.506. The summed E-state index contributed by atoms with van der Waals surface area (Å²) >= 11 is 5.14. The van der Waals surface area contributed by atoms with Gasteiger partial charge in [-0.1, -0.05) is 12.1 Å². The molecule has 110 valence electrons. The lowest BCUT2D eigenvalue weighted by Crippen LogP contribution is -2.22. The second kappa shape index (κ2) is 6.08. The molecule has 21 heavy (non-hydrogen) atoms. The van der Waals surface area contributed by atoms with Crippen molar-refractivity contribution in [3.63, 3.8) is 0 Å². The maximum atomic E-state index is 11.5. The third-order valence-electron chi connectivity index (χ3n) is 2.61. The Labute approximate surface area is 128 Å². The zero-order valence-electron chi connectivity index (χ0n) is 10.9. The number of anilines is 3. The Kier molecular flexibility index (Phi) is 4.41. The highest BCUT2D eigenvalue weighted by atomic mass is 32.2. The van der Waals surface area contributed by atoms with E-state index < -0.39 is 10.0 Å². The van der Waals surface area contributed by atoms with Gasteiger partial charge in [0, 0.05) is 11.4 Å². The molecule has 0 saturated carbocycles. The van der Waals surface area contributed by atoms with E-state index in [1.165, 1.54) is 6.07 Å². The molecule has 0 spiro atoms. The van der Waals surface area contributed by atoms with Gasteiger partial charge >= 0.3 is 0 Å². The van der Waals surface area contributed by atoms with Gasteiger partial charge in [-0.2, -0.15) is 0 Å². The summed E-state index contributed by atoms with van der Waals surface area (Å²) in [4.78, 5) is -0.0218. The Hall–Kier alpha value is -2.16. The average Bonchev–Trinajstić information content (AvgIpc) is 2.41. The number of thiocarbonyl (C=S) groups is 1. The third kappa shape index (κ3) is 4.15. The standard InChI is InChI=1S/C13H14N4O2S2/c14-9-5-7-10(8-6-9)16-13(20)17-11-3-1-2-4-12(11)21(15,18)19/h1-8H,14H2,(H2,15,18,19)(H2,16,17,20). The van der Waals surface area contributed by atoms with Crippen LogP contribution in [0.1, 0.15) is 0 Å². The second-order valence-electron chi connectivity index (χ2n) is 4.24. The van der Waals surface area contributed by atoms with Crippen molar-refractivity contribution in [3.8, 4) is 0 Å². The van der Waals surface area contributed by atoms with Gasteiger partial charge in [-0.15, -0.1) is 0 Å². The summed E-state index contributed by atoms with van der Waals surface area (Å²) in [6, 6.07) is 13.2. The third-order valence-corrected chi connectivity index (χ3v) is 3.78. The van der Waals surface area contributed by atoms with Crippen LogP contribution in [0.5, 0.6) is 0 Å². The summed E-state index contributed by atoms with van der Waals surface area (Å²) in [5.41, 5.74) is 7.27. The summed E-state index contributed by atoms with van der Waals surface area (Å²) in [6.45, 7) is 0. The second-order valence-corrected chi connectivity index (χ2v) is 6.18. The molecule has 2 rings (SSSR count). The highest BCUT2D eigenvalue weighted by Gasteiger charge is 2.13. The van der Waals surface area contributed by atoms with Gasteiger partial charge in [-0.05, 0) is 48.6 Å². The average molecular weight is 322 g/mol. The van der Waals surface area contributed by atoms with Crippen LogP contribution < -0.4 is 21.5 Å². The van der Waals surface area contributed by atoms with Crippen molar-refractivity contribution < 1.29 is 8.42 Å². The molecule has 6 N–H and O–H groups in total. The number of sulfonamides is 1. The Morgan fingerprint density at radius 3 is 2.24 bits per heavy atom. The topological polar surface area (TPSA) is 110 Å². The number of nitrogens with one attached hydrogen (secondary N) is 2. The molecule has 0 amide bonds. The molecule has 0 aromatic heterocycles. The van der Waals surface area contributed by atoms with Crippen molar-refractivity contribution in [1.29, 1.82) is 0 Å². The number of nitrogen functional groups attached to an aromatic ring is 1. The fraction of sp³-hybridized carbons (Fsp3) is 0. The van der Waals surface area contributed by atoms with Crippen LogP contribution >= 0.6 is 12.2 Å². The van der Waals surface area contributed by atoms with E-state index in [4.69, 9.17) is 23.1 Å². The van der Waals surface area contributed by atoms with E-state index in [0.29, 0.717) is 11.4 Å². The van der Waals surface area contributed by atoms with E-state index in [-0.39, 0.29) is 10.0 Å². The molecular formula is C13H14N4O2S2. The van der Waals surface area contributed by atoms with Crippen LogP contribution in [0.3, 0.4) is 0 Å². The number of para-hydroxylation sites is 1. The molecule has 0 unspecified atom stereocenters. The molecule has 0 aliphatic heterocycles. The molecule has 2 aromatic carbocycles. The first-order valence-corrected chi connectivity index (χ1v) is 7.87. The molecule has 0 heterocycles. The maximum absolute atomic E-state index is 11.5. The minimum absolute atomic E-state index is 0.0218. The molecule has 6 nitrogen and oxygen atoms in total. The summed E-state index contributed by atoms with van der Waals surface area (Å²) in [7, 11) is -3.82. The molecule has 0 atom stereocenters. The van der Waals surface area contributed by atoms with E-state index in [2.05, 4.69) is 10.6 Å². The first kappa shape index (κ1) is 15.2. The molecule has 0 aliphatic carbocycles. The van der Waals surface area contributed by atoms with Gasteiger partial charge in [0.1, 0.15) is 4.90 Å². The van der Waals surface area contributed by atoms with Gasteiger partial charge < -0.3 is 16.4 Å². The molecule has 0 bridgehead atoms. The van der Waals surface area contributed by atoms with Crippen molar-refractivity contribution in [2.45, 2.75) is 4.90 Å². The summed E-state index contributed by atoms with van der Waals surface area (Å²) in [6.07, 6.45) is 0. The lowest BCUT2D eigenvalue weighted by Gasteiger charge is -2.13. The number of nitrogens with two attached hydrogens (primary N) is 2. The monoisotopic (exact) mass is 322 g/mol. The van der Waals surface area contributed by atoms with Gasteiger partial charge in [0.05, 0.1) is 5.69 Å². The fourth-order valence-electron chi connectivity index (χ4n) is 1.67. The predicted molar refractivity (Wildman–Crippen MR) is 88.5 cm³/mol. The van der Waals surface area contributed by atoms with Gasteiger partial charge in [-0.3, -0.25) is 0 Å². The molecule has 0 radical (unpaired) electrons. The minimum Gasteiger partial charge on any atom is -0.399 e. The molecule has 0 aliphatic rings. The van der Waals surface area contributed by atoms with Gasteiger partial charge in [0.15, 0.2) is 5.11 Å². The van der Waals surface area contributed by atoms with E-state index in [0.717, 1.165) is 5.69 Å². The van der Waals surface area contributed by atoms with Gasteiger partial charge in [-0.25, -0.2) is 13.6 Å². The van der Waals surface area contributed by atoms with E-state index >= 15 is 0 Å². The van der Waals surface area contributed by atoms with Gasteiger partial charge in [0.2, 0.25) is 10.0 Å². The number of rotatable bonds is 3. The summed E-state index contributed by atoms with van der Waals surface area (Å²) < 4.78 is 23.0. The zero-order chi connectivity index (χ0) is 15.5. The van der Waals surface area contributed by atoms with Crippen molar-refractivity contribution in [3.05, 3.63) is 48.5 Å². The van der Waals surface area contributed by atoms with E-state index in [1.54, 1.807) is 42.5 Å². The van der Waals surface area contributed by atoms with Crippen LogP contribution in [0.2, 0.25) is 0 Å². The van der Waals surface area contributed by atoms with Crippen LogP contribution in [-0.2, 0) is 10.0 Å². The number of benzene rings is 2.